The standard InChI is InChI=1S/C16H16.Li.H/c1-12-10-14-8-5-9-15(16(14)11-12)13-6-3-2-4-7-13;;/h2-9,12H,10-11H2,1H3;;. The van der Waals surface area contributed by atoms with E-state index in [4.69, 9.17) is 0 Å². The summed E-state index contributed by atoms with van der Waals surface area (Å²) in [6, 6.07) is 17.5. The average molecular weight is 216 g/mol. The Morgan fingerprint density at radius 1 is 0.882 bits per heavy atom. The number of hydrogen-bond acceptors (Lipinski definition) is 0. The first-order chi connectivity index (χ1) is 7.84. The van der Waals surface area contributed by atoms with Crippen LogP contribution in [0.2, 0.25) is 0 Å². The molecule has 0 nitrogen and oxygen atoms in total. The first-order valence-electron chi connectivity index (χ1n) is 6.01. The molecule has 0 saturated heterocycles. The topological polar surface area (TPSA) is 0 Å². The van der Waals surface area contributed by atoms with E-state index in [1.807, 2.05) is 0 Å². The van der Waals surface area contributed by atoms with Crippen molar-refractivity contribution in [1.82, 2.24) is 0 Å². The van der Waals surface area contributed by atoms with Gasteiger partial charge in [-0.3, -0.25) is 0 Å². The van der Waals surface area contributed by atoms with Crippen LogP contribution < -0.4 is 0 Å². The SMILES string of the molecule is CC1Cc2cccc(-c3ccccc3)c2C1.[LiH]. The van der Waals surface area contributed by atoms with E-state index in [9.17, 15) is 0 Å². The number of fused-ring (bicyclic) bond motifs is 1. The summed E-state index contributed by atoms with van der Waals surface area (Å²) in [5, 5.41) is 0. The van der Waals surface area contributed by atoms with Gasteiger partial charge in [-0.2, -0.15) is 0 Å². The summed E-state index contributed by atoms with van der Waals surface area (Å²) >= 11 is 0. The van der Waals surface area contributed by atoms with Crippen molar-refractivity contribution in [3.63, 3.8) is 0 Å². The van der Waals surface area contributed by atoms with Crippen molar-refractivity contribution in [2.24, 2.45) is 5.92 Å². The summed E-state index contributed by atoms with van der Waals surface area (Å²) < 4.78 is 0. The van der Waals surface area contributed by atoms with E-state index < -0.39 is 0 Å². The Morgan fingerprint density at radius 2 is 1.65 bits per heavy atom. The molecule has 1 atom stereocenters. The third kappa shape index (κ3) is 2.34. The van der Waals surface area contributed by atoms with Gasteiger partial charge in [0, 0.05) is 0 Å². The molecule has 1 aliphatic rings. The zero-order valence-corrected chi connectivity index (χ0v) is 9.61. The molecule has 0 spiro atoms. The molecule has 0 radical (unpaired) electrons. The average Bonchev–Trinajstić information content (AvgIpc) is 2.70. The van der Waals surface area contributed by atoms with Crippen LogP contribution in [-0.2, 0) is 12.8 Å². The summed E-state index contributed by atoms with van der Waals surface area (Å²) in [5.41, 5.74) is 5.91. The Morgan fingerprint density at radius 3 is 2.41 bits per heavy atom. The van der Waals surface area contributed by atoms with Crippen molar-refractivity contribution in [2.75, 3.05) is 0 Å². The van der Waals surface area contributed by atoms with E-state index in [2.05, 4.69) is 55.5 Å². The predicted molar refractivity (Wildman–Crippen MR) is 75.6 cm³/mol. The second kappa shape index (κ2) is 5.13. The minimum absolute atomic E-state index is 0. The fraction of sp³-hybridized carbons (Fsp3) is 0.250. The van der Waals surface area contributed by atoms with Crippen LogP contribution in [0, 0.1) is 5.92 Å². The molecule has 82 valence electrons. The number of rotatable bonds is 1. The first kappa shape index (κ1) is 12.5. The van der Waals surface area contributed by atoms with E-state index >= 15 is 0 Å². The fourth-order valence-corrected chi connectivity index (χ4v) is 2.75. The van der Waals surface area contributed by atoms with Crippen molar-refractivity contribution in [3.05, 3.63) is 59.7 Å². The summed E-state index contributed by atoms with van der Waals surface area (Å²) in [5.74, 6) is 0.805. The molecule has 0 heterocycles. The van der Waals surface area contributed by atoms with Gasteiger partial charge in [0.1, 0.15) is 0 Å². The Labute approximate surface area is 115 Å². The van der Waals surface area contributed by atoms with Crippen molar-refractivity contribution < 1.29 is 0 Å². The van der Waals surface area contributed by atoms with Crippen molar-refractivity contribution in [1.29, 1.82) is 0 Å². The third-order valence-electron chi connectivity index (χ3n) is 3.48. The quantitative estimate of drug-likeness (QED) is 0.640. The van der Waals surface area contributed by atoms with Crippen LogP contribution in [0.3, 0.4) is 0 Å². The second-order valence-corrected chi connectivity index (χ2v) is 4.82. The Kier molecular flexibility index (Phi) is 3.77. The van der Waals surface area contributed by atoms with E-state index in [-0.39, 0.29) is 18.9 Å². The zero-order valence-electron chi connectivity index (χ0n) is 9.61. The molecule has 2 aromatic carbocycles. The van der Waals surface area contributed by atoms with Crippen LogP contribution in [0.25, 0.3) is 11.1 Å². The molecule has 17 heavy (non-hydrogen) atoms. The van der Waals surface area contributed by atoms with E-state index in [1.165, 1.54) is 24.0 Å². The van der Waals surface area contributed by atoms with Gasteiger partial charge in [-0.25, -0.2) is 0 Å². The molecule has 2 aromatic rings. The van der Waals surface area contributed by atoms with Gasteiger partial charge in [0.15, 0.2) is 0 Å². The van der Waals surface area contributed by atoms with E-state index in [1.54, 1.807) is 11.1 Å². The molecule has 0 saturated carbocycles. The minimum atomic E-state index is 0. The molecule has 1 aliphatic carbocycles. The maximum absolute atomic E-state index is 2.34. The fourth-order valence-electron chi connectivity index (χ4n) is 2.75. The van der Waals surface area contributed by atoms with E-state index in [0.29, 0.717) is 0 Å². The van der Waals surface area contributed by atoms with Crippen LogP contribution in [0.1, 0.15) is 18.1 Å². The molecule has 0 fully saturated rings. The summed E-state index contributed by atoms with van der Waals surface area (Å²) in [6.07, 6.45) is 2.48. The van der Waals surface area contributed by atoms with Crippen LogP contribution in [0.15, 0.2) is 48.5 Å². The molecule has 3 rings (SSSR count). The van der Waals surface area contributed by atoms with Gasteiger partial charge >= 0.3 is 18.9 Å². The summed E-state index contributed by atoms with van der Waals surface area (Å²) in [4.78, 5) is 0. The van der Waals surface area contributed by atoms with Crippen LogP contribution in [0.5, 0.6) is 0 Å². The number of benzene rings is 2. The molecule has 1 unspecified atom stereocenters. The van der Waals surface area contributed by atoms with Crippen LogP contribution in [0.4, 0.5) is 0 Å². The van der Waals surface area contributed by atoms with Crippen molar-refractivity contribution in [2.45, 2.75) is 19.8 Å². The maximum atomic E-state index is 2.34. The molecular weight excluding hydrogens is 199 g/mol. The molecule has 0 aromatic heterocycles. The van der Waals surface area contributed by atoms with Crippen molar-refractivity contribution >= 4 is 18.9 Å². The molecule has 0 amide bonds. The van der Waals surface area contributed by atoms with E-state index in [0.717, 1.165) is 5.92 Å². The third-order valence-corrected chi connectivity index (χ3v) is 3.48. The van der Waals surface area contributed by atoms with Gasteiger partial charge in [0.05, 0.1) is 0 Å². The molecule has 1 heteroatoms. The number of hydrogen-bond donors (Lipinski definition) is 0. The molecule has 0 bridgehead atoms. The van der Waals surface area contributed by atoms with Gasteiger partial charge in [0.2, 0.25) is 0 Å². The second-order valence-electron chi connectivity index (χ2n) is 4.82. The van der Waals surface area contributed by atoms with Gasteiger partial charge < -0.3 is 0 Å². The normalized spacial score (nSPS) is 17.4. The first-order valence-corrected chi connectivity index (χ1v) is 6.01. The zero-order chi connectivity index (χ0) is 11.0. The molecule has 0 N–H and O–H groups in total. The molecular formula is C16H17Li. The predicted octanol–water partition coefficient (Wildman–Crippen LogP) is 3.44. The Bertz CT molecular complexity index is 502. The Hall–Kier alpha value is -0.963. The summed E-state index contributed by atoms with van der Waals surface area (Å²) in [6.45, 7) is 2.34. The molecule has 0 aliphatic heterocycles. The Balaban J connectivity index is 0.00000108. The van der Waals surface area contributed by atoms with Crippen LogP contribution in [-0.4, -0.2) is 18.9 Å². The summed E-state index contributed by atoms with van der Waals surface area (Å²) in [7, 11) is 0. The van der Waals surface area contributed by atoms with Gasteiger partial charge in [-0.15, -0.1) is 0 Å². The van der Waals surface area contributed by atoms with Gasteiger partial charge in [-0.05, 0) is 41.0 Å². The van der Waals surface area contributed by atoms with Crippen LogP contribution >= 0.6 is 0 Å². The van der Waals surface area contributed by atoms with Gasteiger partial charge in [-0.1, -0.05) is 55.5 Å². The monoisotopic (exact) mass is 216 g/mol. The van der Waals surface area contributed by atoms with Crippen molar-refractivity contribution in [3.8, 4) is 11.1 Å². The van der Waals surface area contributed by atoms with Gasteiger partial charge in [0.25, 0.3) is 0 Å².